The molecule has 29 heavy (non-hydrogen) atoms. The van der Waals surface area contributed by atoms with Crippen molar-refractivity contribution in [2.75, 3.05) is 24.6 Å². The van der Waals surface area contributed by atoms with Gasteiger partial charge in [0.15, 0.2) is 6.61 Å². The van der Waals surface area contributed by atoms with Gasteiger partial charge in [0, 0.05) is 31.3 Å². The van der Waals surface area contributed by atoms with Crippen molar-refractivity contribution in [1.82, 2.24) is 5.32 Å². The Kier molecular flexibility index (Phi) is 6.28. The lowest BCUT2D eigenvalue weighted by Crippen LogP contribution is -2.24. The third-order valence-electron chi connectivity index (χ3n) is 4.59. The average Bonchev–Trinajstić information content (AvgIpc) is 3.25. The Labute approximate surface area is 167 Å². The molecule has 1 aliphatic heterocycles. The van der Waals surface area contributed by atoms with Crippen molar-refractivity contribution in [2.24, 2.45) is 0 Å². The highest BCUT2D eigenvalue weighted by Crippen LogP contribution is 2.31. The smallest absolute Gasteiger partial charge is 0.341 e. The van der Waals surface area contributed by atoms with Crippen LogP contribution in [0.25, 0.3) is 0 Å². The monoisotopic (exact) mass is 399 g/mol. The lowest BCUT2D eigenvalue weighted by Gasteiger charge is -2.17. The molecule has 2 aromatic rings. The zero-order chi connectivity index (χ0) is 20.8. The molecule has 3 rings (SSSR count). The Balaban J connectivity index is 1.68. The van der Waals surface area contributed by atoms with Crippen molar-refractivity contribution in [2.45, 2.75) is 19.4 Å². The molecule has 9 nitrogen and oxygen atoms in total. The summed E-state index contributed by atoms with van der Waals surface area (Å²) in [5, 5.41) is 22.9. The van der Waals surface area contributed by atoms with E-state index in [2.05, 4.69) is 5.32 Å². The second-order valence-corrected chi connectivity index (χ2v) is 6.67. The molecule has 152 valence electrons. The summed E-state index contributed by atoms with van der Waals surface area (Å²) in [7, 11) is 0. The van der Waals surface area contributed by atoms with Gasteiger partial charge < -0.3 is 20.1 Å². The first-order valence-electron chi connectivity index (χ1n) is 9.19. The van der Waals surface area contributed by atoms with Gasteiger partial charge in [-0.15, -0.1) is 0 Å². The van der Waals surface area contributed by atoms with Crippen molar-refractivity contribution >= 4 is 23.3 Å². The molecule has 0 saturated carbocycles. The Hall–Kier alpha value is -3.62. The topological polar surface area (TPSA) is 122 Å². The minimum Gasteiger partial charge on any atom is -0.482 e. The van der Waals surface area contributed by atoms with Gasteiger partial charge >= 0.3 is 5.97 Å². The number of nitrogens with one attached hydrogen (secondary N) is 1. The molecule has 0 aliphatic carbocycles. The number of anilines is 1. The second kappa shape index (κ2) is 9.05. The van der Waals surface area contributed by atoms with E-state index in [4.69, 9.17) is 9.84 Å². The quantitative estimate of drug-likeness (QED) is 0.517. The molecular formula is C20H21N3O6. The Morgan fingerprint density at radius 3 is 2.62 bits per heavy atom. The van der Waals surface area contributed by atoms with Crippen LogP contribution in [0.2, 0.25) is 0 Å². The molecule has 0 aromatic heterocycles. The zero-order valence-electron chi connectivity index (χ0n) is 15.7. The Bertz CT molecular complexity index is 924. The summed E-state index contributed by atoms with van der Waals surface area (Å²) in [5.41, 5.74) is 1.37. The Morgan fingerprint density at radius 2 is 1.93 bits per heavy atom. The van der Waals surface area contributed by atoms with Gasteiger partial charge in [-0.05, 0) is 42.7 Å². The van der Waals surface area contributed by atoms with Gasteiger partial charge in [0.05, 0.1) is 4.92 Å². The summed E-state index contributed by atoms with van der Waals surface area (Å²) in [6.07, 6.45) is 1.99. The fourth-order valence-electron chi connectivity index (χ4n) is 3.21. The number of nitrogens with zero attached hydrogens (tertiary/aromatic N) is 2. The molecular weight excluding hydrogens is 378 g/mol. The summed E-state index contributed by atoms with van der Waals surface area (Å²) >= 11 is 0. The minimum absolute atomic E-state index is 0.0800. The first-order chi connectivity index (χ1) is 13.9. The molecule has 9 heteroatoms. The summed E-state index contributed by atoms with van der Waals surface area (Å²) in [6.45, 7) is 1.26. The molecule has 1 saturated heterocycles. The third kappa shape index (κ3) is 5.22. The van der Waals surface area contributed by atoms with E-state index in [9.17, 15) is 19.7 Å². The van der Waals surface area contributed by atoms with E-state index in [-0.39, 0.29) is 17.8 Å². The summed E-state index contributed by atoms with van der Waals surface area (Å²) < 4.78 is 5.11. The molecule has 0 spiro atoms. The molecule has 1 amide bonds. The maximum Gasteiger partial charge on any atom is 0.341 e. The number of benzene rings is 2. The van der Waals surface area contributed by atoms with E-state index in [0.717, 1.165) is 25.9 Å². The number of hydrogen-bond donors (Lipinski definition) is 2. The summed E-state index contributed by atoms with van der Waals surface area (Å²) in [4.78, 5) is 36.0. The normalized spacial score (nSPS) is 13.2. The fourth-order valence-corrected chi connectivity index (χ4v) is 3.21. The van der Waals surface area contributed by atoms with Crippen molar-refractivity contribution in [3.05, 3.63) is 63.7 Å². The standard InChI is InChI=1S/C20H21N3O6/c24-19(25)13-29-16-5-3-4-14(10-16)12-21-20(26)15-6-7-17(18(11-15)23(27)28)22-8-1-2-9-22/h3-7,10-11H,1-2,8-9,12-13H2,(H,21,26)(H,24,25). The zero-order valence-corrected chi connectivity index (χ0v) is 15.7. The number of carboxylic acid groups (broad SMARTS) is 1. The van der Waals surface area contributed by atoms with Crippen LogP contribution >= 0.6 is 0 Å². The van der Waals surface area contributed by atoms with E-state index < -0.39 is 23.4 Å². The highest BCUT2D eigenvalue weighted by atomic mass is 16.6. The van der Waals surface area contributed by atoms with Crippen molar-refractivity contribution in [3.8, 4) is 5.75 Å². The molecule has 0 unspecified atom stereocenters. The highest BCUT2D eigenvalue weighted by Gasteiger charge is 2.23. The molecule has 0 bridgehead atoms. The molecule has 0 atom stereocenters. The number of hydrogen-bond acceptors (Lipinski definition) is 6. The van der Waals surface area contributed by atoms with Crippen LogP contribution in [0.5, 0.6) is 5.75 Å². The van der Waals surface area contributed by atoms with E-state index in [1.807, 2.05) is 4.90 Å². The van der Waals surface area contributed by atoms with E-state index in [1.54, 1.807) is 36.4 Å². The van der Waals surface area contributed by atoms with E-state index >= 15 is 0 Å². The number of carbonyl (C=O) groups excluding carboxylic acids is 1. The molecule has 2 aromatic carbocycles. The SMILES string of the molecule is O=C(O)COc1cccc(CNC(=O)c2ccc(N3CCCC3)c([N+](=O)[O-])c2)c1. The van der Waals surface area contributed by atoms with Crippen LogP contribution in [0.4, 0.5) is 11.4 Å². The first-order valence-corrected chi connectivity index (χ1v) is 9.19. The van der Waals surface area contributed by atoms with Crippen molar-refractivity contribution in [3.63, 3.8) is 0 Å². The predicted molar refractivity (Wildman–Crippen MR) is 105 cm³/mol. The van der Waals surface area contributed by atoms with Crippen molar-refractivity contribution in [1.29, 1.82) is 0 Å². The molecule has 1 heterocycles. The molecule has 1 aliphatic rings. The minimum atomic E-state index is -1.08. The average molecular weight is 399 g/mol. The summed E-state index contributed by atoms with van der Waals surface area (Å²) in [6, 6.07) is 11.2. The lowest BCUT2D eigenvalue weighted by molar-refractivity contribution is -0.384. The number of carbonyl (C=O) groups is 2. The predicted octanol–water partition coefficient (Wildman–Crippen LogP) is 2.59. The molecule has 2 N–H and O–H groups in total. The van der Waals surface area contributed by atoms with Gasteiger partial charge in [-0.2, -0.15) is 0 Å². The van der Waals surface area contributed by atoms with Crippen LogP contribution in [-0.4, -0.2) is 41.6 Å². The van der Waals surface area contributed by atoms with Crippen LogP contribution in [0.3, 0.4) is 0 Å². The van der Waals surface area contributed by atoms with Crippen LogP contribution in [-0.2, 0) is 11.3 Å². The lowest BCUT2D eigenvalue weighted by atomic mass is 10.1. The third-order valence-corrected chi connectivity index (χ3v) is 4.59. The van der Waals surface area contributed by atoms with Gasteiger partial charge in [-0.3, -0.25) is 14.9 Å². The van der Waals surface area contributed by atoms with Gasteiger partial charge in [-0.1, -0.05) is 12.1 Å². The maximum atomic E-state index is 12.5. The number of ether oxygens (including phenoxy) is 1. The van der Waals surface area contributed by atoms with Gasteiger partial charge in [0.1, 0.15) is 11.4 Å². The number of rotatable bonds is 8. The second-order valence-electron chi connectivity index (χ2n) is 6.67. The van der Waals surface area contributed by atoms with Gasteiger partial charge in [0.2, 0.25) is 0 Å². The van der Waals surface area contributed by atoms with Crippen LogP contribution in [0, 0.1) is 10.1 Å². The molecule has 1 fully saturated rings. The largest absolute Gasteiger partial charge is 0.482 e. The number of carboxylic acids is 1. The first kappa shape index (κ1) is 20.1. The number of aliphatic carboxylic acids is 1. The number of nitro benzene ring substituents is 1. The maximum absolute atomic E-state index is 12.5. The van der Waals surface area contributed by atoms with Crippen LogP contribution in [0.15, 0.2) is 42.5 Å². The number of amides is 1. The fraction of sp³-hybridized carbons (Fsp3) is 0.300. The van der Waals surface area contributed by atoms with Gasteiger partial charge in [0.25, 0.3) is 11.6 Å². The van der Waals surface area contributed by atoms with Gasteiger partial charge in [-0.25, -0.2) is 4.79 Å². The van der Waals surface area contributed by atoms with E-state index in [1.165, 1.54) is 6.07 Å². The van der Waals surface area contributed by atoms with Crippen LogP contribution < -0.4 is 15.0 Å². The van der Waals surface area contributed by atoms with Crippen molar-refractivity contribution < 1.29 is 24.4 Å². The van der Waals surface area contributed by atoms with E-state index in [0.29, 0.717) is 17.0 Å². The Morgan fingerprint density at radius 1 is 1.17 bits per heavy atom. The highest BCUT2D eigenvalue weighted by molar-refractivity contribution is 5.95. The van der Waals surface area contributed by atoms with Crippen LogP contribution in [0.1, 0.15) is 28.8 Å². The summed E-state index contributed by atoms with van der Waals surface area (Å²) in [5.74, 6) is -1.13. The number of nitro groups is 1. The molecule has 0 radical (unpaired) electrons.